The molecule has 1 aromatic carbocycles. The standard InChI is InChI=1S/C21H22N2O2/c1-3-21-10-6-11-22-12-9-15-14-7-4-5-8-16(14)23(18(15)19(21)22)17(13-21)20(24)25-2/h4-8,10,13,19H,3,9,11-12H2,1-2H3. The molecule has 0 aliphatic carbocycles. The summed E-state index contributed by atoms with van der Waals surface area (Å²) < 4.78 is 7.32. The third-order valence-electron chi connectivity index (χ3n) is 6.22. The average Bonchev–Trinajstić information content (AvgIpc) is 3.01. The van der Waals surface area contributed by atoms with Gasteiger partial charge in [-0.3, -0.25) is 4.90 Å². The van der Waals surface area contributed by atoms with Gasteiger partial charge in [-0.05, 0) is 30.5 Å². The number of fused-ring (bicyclic) bond motifs is 3. The number of rotatable bonds is 2. The van der Waals surface area contributed by atoms with Crippen molar-refractivity contribution >= 4 is 22.6 Å². The molecule has 5 rings (SSSR count). The van der Waals surface area contributed by atoms with Gasteiger partial charge in [0, 0.05) is 29.6 Å². The van der Waals surface area contributed by atoms with E-state index in [2.05, 4.69) is 52.8 Å². The Morgan fingerprint density at radius 3 is 3.00 bits per heavy atom. The van der Waals surface area contributed by atoms with Crippen molar-refractivity contribution in [2.45, 2.75) is 25.8 Å². The summed E-state index contributed by atoms with van der Waals surface area (Å²) in [6, 6.07) is 8.74. The summed E-state index contributed by atoms with van der Waals surface area (Å²) in [4.78, 5) is 15.2. The van der Waals surface area contributed by atoms with Crippen LogP contribution in [0, 0.1) is 5.41 Å². The van der Waals surface area contributed by atoms with Gasteiger partial charge in [0.1, 0.15) is 5.70 Å². The maximum absolute atomic E-state index is 12.7. The molecule has 0 N–H and O–H groups in total. The Bertz CT molecular complexity index is 952. The van der Waals surface area contributed by atoms with Crippen LogP contribution in [0.4, 0.5) is 0 Å². The van der Waals surface area contributed by atoms with E-state index in [-0.39, 0.29) is 11.4 Å². The Morgan fingerprint density at radius 1 is 1.36 bits per heavy atom. The highest BCUT2D eigenvalue weighted by molar-refractivity contribution is 6.13. The lowest BCUT2D eigenvalue weighted by molar-refractivity contribution is -0.134. The van der Waals surface area contributed by atoms with Gasteiger partial charge in [-0.2, -0.15) is 0 Å². The van der Waals surface area contributed by atoms with Crippen LogP contribution in [0.1, 0.15) is 30.6 Å². The zero-order chi connectivity index (χ0) is 17.2. The molecule has 0 radical (unpaired) electrons. The van der Waals surface area contributed by atoms with E-state index in [9.17, 15) is 4.79 Å². The number of esters is 1. The summed E-state index contributed by atoms with van der Waals surface area (Å²) in [6.07, 6.45) is 8.72. The molecule has 25 heavy (non-hydrogen) atoms. The minimum atomic E-state index is -0.258. The van der Waals surface area contributed by atoms with Crippen molar-refractivity contribution < 1.29 is 9.53 Å². The Balaban J connectivity index is 1.92. The Labute approximate surface area is 147 Å². The molecular formula is C21H22N2O2. The number of hydrogen-bond acceptors (Lipinski definition) is 3. The lowest BCUT2D eigenvalue weighted by atomic mass is 9.69. The number of hydrogen-bond donors (Lipinski definition) is 0. The summed E-state index contributed by atoms with van der Waals surface area (Å²) in [6.45, 7) is 4.26. The molecule has 0 saturated heterocycles. The smallest absolute Gasteiger partial charge is 0.354 e. The quantitative estimate of drug-likeness (QED) is 0.622. The molecule has 128 valence electrons. The Kier molecular flexibility index (Phi) is 3.04. The van der Waals surface area contributed by atoms with Crippen LogP contribution in [-0.4, -0.2) is 35.6 Å². The Morgan fingerprint density at radius 2 is 2.20 bits per heavy atom. The van der Waals surface area contributed by atoms with Gasteiger partial charge < -0.3 is 9.30 Å². The highest BCUT2D eigenvalue weighted by Crippen LogP contribution is 2.55. The highest BCUT2D eigenvalue weighted by Gasteiger charge is 2.49. The minimum Gasteiger partial charge on any atom is -0.464 e. The number of ether oxygens (including phenoxy) is 1. The van der Waals surface area contributed by atoms with Crippen LogP contribution in [0.3, 0.4) is 0 Å². The van der Waals surface area contributed by atoms with Crippen molar-refractivity contribution in [3.8, 4) is 0 Å². The molecule has 2 atom stereocenters. The second kappa shape index (κ2) is 5.09. The largest absolute Gasteiger partial charge is 0.464 e. The molecule has 3 aliphatic heterocycles. The third-order valence-corrected chi connectivity index (χ3v) is 6.22. The molecule has 4 nitrogen and oxygen atoms in total. The summed E-state index contributed by atoms with van der Waals surface area (Å²) >= 11 is 0. The van der Waals surface area contributed by atoms with Gasteiger partial charge in [-0.25, -0.2) is 4.79 Å². The van der Waals surface area contributed by atoms with Crippen molar-refractivity contribution in [3.63, 3.8) is 0 Å². The van der Waals surface area contributed by atoms with Gasteiger partial charge in [-0.1, -0.05) is 37.3 Å². The first kappa shape index (κ1) is 15.0. The number of aromatic nitrogens is 1. The molecule has 0 amide bonds. The van der Waals surface area contributed by atoms with E-state index in [4.69, 9.17) is 4.74 Å². The maximum atomic E-state index is 12.7. The van der Waals surface area contributed by atoms with Crippen LogP contribution in [0.2, 0.25) is 0 Å². The van der Waals surface area contributed by atoms with E-state index >= 15 is 0 Å². The van der Waals surface area contributed by atoms with Crippen LogP contribution in [0.5, 0.6) is 0 Å². The van der Waals surface area contributed by atoms with E-state index < -0.39 is 0 Å². The van der Waals surface area contributed by atoms with Crippen LogP contribution < -0.4 is 0 Å². The first-order chi connectivity index (χ1) is 12.2. The number of methoxy groups -OCH3 is 1. The fourth-order valence-corrected chi connectivity index (χ4v) is 5.10. The molecule has 3 aliphatic rings. The molecule has 0 spiro atoms. The average molecular weight is 334 g/mol. The van der Waals surface area contributed by atoms with Crippen molar-refractivity contribution in [1.82, 2.24) is 9.47 Å². The first-order valence-electron chi connectivity index (χ1n) is 9.05. The highest BCUT2D eigenvalue weighted by atomic mass is 16.5. The minimum absolute atomic E-state index is 0.138. The zero-order valence-electron chi connectivity index (χ0n) is 14.7. The number of benzene rings is 1. The molecular weight excluding hydrogens is 312 g/mol. The van der Waals surface area contributed by atoms with Gasteiger partial charge in [0.05, 0.1) is 18.7 Å². The van der Waals surface area contributed by atoms with E-state index in [0.29, 0.717) is 11.7 Å². The molecule has 0 saturated carbocycles. The number of para-hydroxylation sites is 1. The fraction of sp³-hybridized carbons (Fsp3) is 0.381. The predicted molar refractivity (Wildman–Crippen MR) is 98.1 cm³/mol. The van der Waals surface area contributed by atoms with Gasteiger partial charge in [0.15, 0.2) is 0 Å². The summed E-state index contributed by atoms with van der Waals surface area (Å²) in [7, 11) is 1.47. The number of nitrogens with zero attached hydrogens (tertiary/aromatic N) is 2. The number of carbonyl (C=O) groups excluding carboxylic acids is 1. The van der Waals surface area contributed by atoms with Crippen LogP contribution in [-0.2, 0) is 16.0 Å². The van der Waals surface area contributed by atoms with Gasteiger partial charge in [-0.15, -0.1) is 0 Å². The van der Waals surface area contributed by atoms with Crippen LogP contribution >= 0.6 is 0 Å². The van der Waals surface area contributed by atoms with Crippen LogP contribution in [0.15, 0.2) is 42.5 Å². The van der Waals surface area contributed by atoms with Gasteiger partial charge in [0.25, 0.3) is 0 Å². The van der Waals surface area contributed by atoms with Crippen molar-refractivity contribution in [1.29, 1.82) is 0 Å². The number of carbonyl (C=O) groups is 1. The second-order valence-corrected chi connectivity index (χ2v) is 7.25. The van der Waals surface area contributed by atoms with E-state index in [1.54, 1.807) is 0 Å². The topological polar surface area (TPSA) is 34.5 Å². The van der Waals surface area contributed by atoms with Crippen LogP contribution in [0.25, 0.3) is 16.6 Å². The molecule has 1 aromatic heterocycles. The second-order valence-electron chi connectivity index (χ2n) is 7.25. The summed E-state index contributed by atoms with van der Waals surface area (Å²) in [5, 5.41) is 1.27. The van der Waals surface area contributed by atoms with Crippen molar-refractivity contribution in [3.05, 3.63) is 53.8 Å². The molecule has 0 fully saturated rings. The Hall–Kier alpha value is -2.33. The van der Waals surface area contributed by atoms with Crippen molar-refractivity contribution in [2.24, 2.45) is 5.41 Å². The third kappa shape index (κ3) is 1.78. The lowest BCUT2D eigenvalue weighted by Crippen LogP contribution is -2.49. The SMILES string of the molecule is CCC12C=CCN3CCc4c(n(c5ccccc45)C(C(=O)OC)=C1)C32. The summed E-state index contributed by atoms with van der Waals surface area (Å²) in [5.41, 5.74) is 4.33. The first-order valence-corrected chi connectivity index (χ1v) is 9.05. The predicted octanol–water partition coefficient (Wildman–Crippen LogP) is 3.53. The zero-order valence-corrected chi connectivity index (χ0v) is 14.7. The normalized spacial score (nSPS) is 27.1. The molecule has 2 aromatic rings. The fourth-order valence-electron chi connectivity index (χ4n) is 5.10. The monoisotopic (exact) mass is 334 g/mol. The summed E-state index contributed by atoms with van der Waals surface area (Å²) in [5.74, 6) is -0.258. The van der Waals surface area contributed by atoms with E-state index in [1.807, 2.05) is 6.07 Å². The van der Waals surface area contributed by atoms with E-state index in [0.717, 1.165) is 31.4 Å². The van der Waals surface area contributed by atoms with Gasteiger partial charge >= 0.3 is 5.97 Å². The van der Waals surface area contributed by atoms with Crippen molar-refractivity contribution in [2.75, 3.05) is 20.2 Å². The van der Waals surface area contributed by atoms with E-state index in [1.165, 1.54) is 23.8 Å². The molecule has 2 unspecified atom stereocenters. The lowest BCUT2D eigenvalue weighted by Gasteiger charge is -2.50. The molecule has 4 heteroatoms. The molecule has 4 heterocycles. The molecule has 0 bridgehead atoms. The van der Waals surface area contributed by atoms with Gasteiger partial charge in [0.2, 0.25) is 0 Å². The maximum Gasteiger partial charge on any atom is 0.354 e.